The number of primary sulfonamides is 1. The number of esters is 1. The number of hydrogen-bond donors (Lipinski definition) is 2. The summed E-state index contributed by atoms with van der Waals surface area (Å²) in [6.07, 6.45) is -1.40. The molecule has 1 aromatic carbocycles. The third kappa shape index (κ3) is 4.61. The van der Waals surface area contributed by atoms with Gasteiger partial charge in [0.2, 0.25) is 10.9 Å². The molecule has 1 unspecified atom stereocenters. The summed E-state index contributed by atoms with van der Waals surface area (Å²) in [5.74, 6) is -4.22. The van der Waals surface area contributed by atoms with E-state index in [-0.39, 0.29) is 0 Å². The number of anilines is 1. The molecule has 8 nitrogen and oxygen atoms in total. The van der Waals surface area contributed by atoms with Gasteiger partial charge in [0.15, 0.2) is 6.10 Å². The average molecular weight is 374 g/mol. The Morgan fingerprint density at radius 1 is 1.24 bits per heavy atom. The molecule has 0 radical (unpaired) electrons. The topological polar surface area (TPSA) is 129 Å². The molecule has 0 bridgehead atoms. The van der Waals surface area contributed by atoms with E-state index in [1.165, 1.54) is 6.92 Å². The molecule has 0 saturated carbocycles. The maximum absolute atomic E-state index is 13.5. The van der Waals surface area contributed by atoms with Crippen LogP contribution >= 0.6 is 0 Å². The summed E-state index contributed by atoms with van der Waals surface area (Å²) < 4.78 is 58.1. The van der Waals surface area contributed by atoms with Crippen LogP contribution in [0.3, 0.4) is 0 Å². The normalized spacial score (nSPS) is 12.5. The largest absolute Gasteiger partial charge is 0.447 e. The molecule has 1 atom stereocenters. The fraction of sp³-hybridized carbons (Fsp3) is 0.143. The Morgan fingerprint density at radius 3 is 2.52 bits per heavy atom. The summed E-state index contributed by atoms with van der Waals surface area (Å²) >= 11 is 0. The number of amides is 1. The van der Waals surface area contributed by atoms with Gasteiger partial charge >= 0.3 is 5.97 Å². The minimum atomic E-state index is -4.14. The zero-order chi connectivity index (χ0) is 18.8. The smallest absolute Gasteiger partial charge is 0.375 e. The number of carbonyl (C=O) groups is 2. The lowest BCUT2D eigenvalue weighted by Crippen LogP contribution is -2.30. The summed E-state index contributed by atoms with van der Waals surface area (Å²) in [5, 5.41) is 6.23. The van der Waals surface area contributed by atoms with Gasteiger partial charge in [-0.25, -0.2) is 27.1 Å². The quantitative estimate of drug-likeness (QED) is 0.761. The van der Waals surface area contributed by atoms with Crippen LogP contribution in [-0.2, 0) is 19.6 Å². The fourth-order valence-corrected chi connectivity index (χ4v) is 2.15. The second-order valence-corrected chi connectivity index (χ2v) is 6.32. The Balaban J connectivity index is 2.04. The second-order valence-electron chi connectivity index (χ2n) is 4.82. The van der Waals surface area contributed by atoms with Crippen LogP contribution in [0.15, 0.2) is 39.8 Å². The Morgan fingerprint density at radius 2 is 1.92 bits per heavy atom. The molecule has 134 valence electrons. The average Bonchev–Trinajstić information content (AvgIpc) is 3.01. The van der Waals surface area contributed by atoms with E-state index in [1.54, 1.807) is 0 Å². The monoisotopic (exact) mass is 374 g/mol. The number of rotatable bonds is 5. The van der Waals surface area contributed by atoms with Crippen molar-refractivity contribution in [2.24, 2.45) is 5.14 Å². The number of benzene rings is 1. The van der Waals surface area contributed by atoms with Crippen LogP contribution in [0.1, 0.15) is 17.5 Å². The number of furan rings is 1. The first-order chi connectivity index (χ1) is 11.6. The van der Waals surface area contributed by atoms with Crippen molar-refractivity contribution in [2.45, 2.75) is 18.1 Å². The Kier molecular flexibility index (Phi) is 5.18. The number of ether oxygens (including phenoxy) is 1. The van der Waals surface area contributed by atoms with Crippen LogP contribution in [0.2, 0.25) is 0 Å². The van der Waals surface area contributed by atoms with E-state index in [0.29, 0.717) is 0 Å². The van der Waals surface area contributed by atoms with Gasteiger partial charge in [-0.05, 0) is 31.2 Å². The standard InChI is InChI=1S/C14H12F2N2O6S/c1-7(13(19)18-10-6-8(15)2-3-9(10)16)23-14(20)11-4-5-12(24-11)25(17,21)22/h2-7H,1H3,(H,18,19)(H2,17,21,22). The Bertz CT molecular complexity index is 925. The van der Waals surface area contributed by atoms with Crippen LogP contribution < -0.4 is 10.5 Å². The maximum Gasteiger partial charge on any atom is 0.375 e. The van der Waals surface area contributed by atoms with Crippen LogP contribution in [0.4, 0.5) is 14.5 Å². The third-order valence-corrected chi connectivity index (χ3v) is 3.68. The van der Waals surface area contributed by atoms with E-state index in [0.717, 1.165) is 30.3 Å². The van der Waals surface area contributed by atoms with Crippen LogP contribution in [0.25, 0.3) is 0 Å². The van der Waals surface area contributed by atoms with Crippen LogP contribution in [-0.4, -0.2) is 26.4 Å². The fourth-order valence-electron chi connectivity index (χ4n) is 1.68. The number of nitrogens with one attached hydrogen (secondary N) is 1. The molecule has 0 fully saturated rings. The molecule has 0 saturated heterocycles. The lowest BCUT2D eigenvalue weighted by molar-refractivity contribution is -0.123. The first kappa shape index (κ1) is 18.5. The summed E-state index contributed by atoms with van der Waals surface area (Å²) in [7, 11) is -4.14. The molecule has 0 spiro atoms. The van der Waals surface area contributed by atoms with E-state index < -0.39 is 56.2 Å². The molecule has 1 heterocycles. The number of carbonyl (C=O) groups excluding carboxylic acids is 2. The minimum absolute atomic E-state index is 0.428. The second kappa shape index (κ2) is 6.99. The van der Waals surface area contributed by atoms with E-state index in [9.17, 15) is 26.8 Å². The highest BCUT2D eigenvalue weighted by molar-refractivity contribution is 7.89. The maximum atomic E-state index is 13.5. The number of nitrogens with two attached hydrogens (primary N) is 1. The van der Waals surface area contributed by atoms with Crippen molar-refractivity contribution in [3.63, 3.8) is 0 Å². The molecular formula is C14H12F2N2O6S. The van der Waals surface area contributed by atoms with Crippen molar-refractivity contribution < 1.29 is 35.9 Å². The molecule has 0 aliphatic heterocycles. The predicted molar refractivity (Wildman–Crippen MR) is 79.9 cm³/mol. The molecule has 11 heteroatoms. The van der Waals surface area contributed by atoms with Gasteiger partial charge in [-0.3, -0.25) is 4.79 Å². The lowest BCUT2D eigenvalue weighted by atomic mass is 10.2. The number of hydrogen-bond acceptors (Lipinski definition) is 6. The van der Waals surface area contributed by atoms with Crippen molar-refractivity contribution in [1.29, 1.82) is 0 Å². The molecule has 1 aromatic heterocycles. The molecule has 25 heavy (non-hydrogen) atoms. The Hall–Kier alpha value is -2.79. The molecule has 1 amide bonds. The molecule has 2 rings (SSSR count). The highest BCUT2D eigenvalue weighted by Gasteiger charge is 2.24. The summed E-state index contributed by atoms with van der Waals surface area (Å²) in [6, 6.07) is 4.39. The Labute approximate surface area is 140 Å². The molecular weight excluding hydrogens is 362 g/mol. The highest BCUT2D eigenvalue weighted by atomic mass is 32.2. The molecule has 0 aliphatic carbocycles. The van der Waals surface area contributed by atoms with Gasteiger partial charge in [-0.2, -0.15) is 0 Å². The predicted octanol–water partition coefficient (Wildman–Crippen LogP) is 1.39. The van der Waals surface area contributed by atoms with Gasteiger partial charge in [0, 0.05) is 6.07 Å². The van der Waals surface area contributed by atoms with Crippen molar-refractivity contribution in [3.8, 4) is 0 Å². The SMILES string of the molecule is CC(OC(=O)c1ccc(S(N)(=O)=O)o1)C(=O)Nc1cc(F)ccc1F. The zero-order valence-corrected chi connectivity index (χ0v) is 13.5. The van der Waals surface area contributed by atoms with Crippen molar-refractivity contribution in [1.82, 2.24) is 0 Å². The van der Waals surface area contributed by atoms with Crippen LogP contribution in [0, 0.1) is 11.6 Å². The van der Waals surface area contributed by atoms with Gasteiger partial charge in [0.25, 0.3) is 15.9 Å². The van der Waals surface area contributed by atoms with Crippen molar-refractivity contribution in [2.75, 3.05) is 5.32 Å². The minimum Gasteiger partial charge on any atom is -0.447 e. The summed E-state index contributed by atoms with van der Waals surface area (Å²) in [6.45, 7) is 1.17. The van der Waals surface area contributed by atoms with Gasteiger partial charge in [-0.1, -0.05) is 0 Å². The van der Waals surface area contributed by atoms with E-state index in [2.05, 4.69) is 5.32 Å². The van der Waals surface area contributed by atoms with Crippen molar-refractivity contribution >= 4 is 27.6 Å². The highest BCUT2D eigenvalue weighted by Crippen LogP contribution is 2.17. The van der Waals surface area contributed by atoms with Gasteiger partial charge < -0.3 is 14.5 Å². The molecule has 2 aromatic rings. The lowest BCUT2D eigenvalue weighted by Gasteiger charge is -2.13. The zero-order valence-electron chi connectivity index (χ0n) is 12.7. The van der Waals surface area contributed by atoms with Gasteiger partial charge in [-0.15, -0.1) is 0 Å². The van der Waals surface area contributed by atoms with Crippen molar-refractivity contribution in [3.05, 3.63) is 47.7 Å². The van der Waals surface area contributed by atoms with E-state index >= 15 is 0 Å². The van der Waals surface area contributed by atoms with E-state index in [4.69, 9.17) is 14.3 Å². The third-order valence-electron chi connectivity index (χ3n) is 2.90. The van der Waals surface area contributed by atoms with Gasteiger partial charge in [0.05, 0.1) is 5.69 Å². The summed E-state index contributed by atoms with van der Waals surface area (Å²) in [5.41, 5.74) is -0.428. The number of halogens is 2. The molecule has 0 aliphatic rings. The van der Waals surface area contributed by atoms with Gasteiger partial charge in [0.1, 0.15) is 11.6 Å². The molecule has 3 N–H and O–H groups in total. The first-order valence-electron chi connectivity index (χ1n) is 6.67. The first-order valence-corrected chi connectivity index (χ1v) is 8.22. The van der Waals surface area contributed by atoms with E-state index in [1.807, 2.05) is 0 Å². The summed E-state index contributed by atoms with van der Waals surface area (Å²) in [4.78, 5) is 23.7. The number of sulfonamides is 1. The van der Waals surface area contributed by atoms with Crippen LogP contribution in [0.5, 0.6) is 0 Å².